The largest absolute Gasteiger partial charge is 0.427 e. The number of nitrogens with zero attached hydrogens (tertiary/aromatic N) is 1. The quantitative estimate of drug-likeness (QED) is 0.572. The van der Waals surface area contributed by atoms with Crippen molar-refractivity contribution in [3.05, 3.63) is 65.9 Å². The molecule has 1 aliphatic heterocycles. The number of ether oxygens (including phenoxy) is 1. The monoisotopic (exact) mass is 334 g/mol. The van der Waals surface area contributed by atoms with Crippen molar-refractivity contribution in [1.82, 2.24) is 9.88 Å². The van der Waals surface area contributed by atoms with Crippen LogP contribution in [0.3, 0.4) is 0 Å². The van der Waals surface area contributed by atoms with Crippen molar-refractivity contribution in [2.45, 2.75) is 25.8 Å². The van der Waals surface area contributed by atoms with E-state index in [0.717, 1.165) is 13.1 Å². The Balaban J connectivity index is 1.75. The number of rotatable bonds is 4. The summed E-state index contributed by atoms with van der Waals surface area (Å²) in [5.74, 6) is 0.302. The first-order valence-electron chi connectivity index (χ1n) is 8.81. The molecule has 1 N–H and O–H groups in total. The lowest BCUT2D eigenvalue weighted by Gasteiger charge is -2.28. The Kier molecular flexibility index (Phi) is 4.28. The second kappa shape index (κ2) is 6.73. The zero-order chi connectivity index (χ0) is 17.2. The van der Waals surface area contributed by atoms with Gasteiger partial charge in [-0.05, 0) is 55.3 Å². The van der Waals surface area contributed by atoms with Crippen molar-refractivity contribution in [3.8, 4) is 5.75 Å². The lowest BCUT2D eigenvalue weighted by Crippen LogP contribution is -2.26. The van der Waals surface area contributed by atoms with Crippen molar-refractivity contribution in [2.75, 3.05) is 13.1 Å². The third-order valence-electron chi connectivity index (χ3n) is 4.88. The van der Waals surface area contributed by atoms with E-state index in [1.54, 1.807) is 0 Å². The second-order valence-electron chi connectivity index (χ2n) is 6.60. The molecule has 4 heteroatoms. The van der Waals surface area contributed by atoms with E-state index in [2.05, 4.69) is 52.5 Å². The van der Waals surface area contributed by atoms with Gasteiger partial charge in [-0.3, -0.25) is 9.69 Å². The highest BCUT2D eigenvalue weighted by Gasteiger charge is 2.27. The molecule has 1 unspecified atom stereocenters. The lowest BCUT2D eigenvalue weighted by atomic mass is 9.96. The summed E-state index contributed by atoms with van der Waals surface area (Å²) in [7, 11) is 0. The highest BCUT2D eigenvalue weighted by atomic mass is 16.5. The molecule has 0 amide bonds. The maximum Gasteiger partial charge on any atom is 0.308 e. The maximum atomic E-state index is 11.1. The first kappa shape index (κ1) is 15.9. The minimum atomic E-state index is -0.291. The molecular weight excluding hydrogens is 312 g/mol. The maximum absolute atomic E-state index is 11.1. The molecule has 2 aromatic carbocycles. The van der Waals surface area contributed by atoms with Gasteiger partial charge in [0.2, 0.25) is 0 Å². The van der Waals surface area contributed by atoms with Crippen LogP contribution in [-0.4, -0.2) is 28.9 Å². The normalized spacial score (nSPS) is 16.2. The molecule has 4 nitrogen and oxygen atoms in total. The van der Waals surface area contributed by atoms with E-state index in [-0.39, 0.29) is 12.0 Å². The van der Waals surface area contributed by atoms with Gasteiger partial charge >= 0.3 is 5.97 Å². The summed E-state index contributed by atoms with van der Waals surface area (Å²) >= 11 is 0. The molecule has 3 aromatic rings. The molecule has 1 aromatic heterocycles. The molecule has 1 fully saturated rings. The minimum Gasteiger partial charge on any atom is -0.427 e. The van der Waals surface area contributed by atoms with Crippen LogP contribution in [0.2, 0.25) is 0 Å². The predicted octanol–water partition coefficient (Wildman–Crippen LogP) is 4.28. The molecular formula is C21H22N2O2. The summed E-state index contributed by atoms with van der Waals surface area (Å²) in [6, 6.07) is 16.6. The number of aromatic amines is 1. The molecule has 1 atom stereocenters. The Labute approximate surface area is 147 Å². The highest BCUT2D eigenvalue weighted by Crippen LogP contribution is 2.36. The molecule has 4 rings (SSSR count). The van der Waals surface area contributed by atoms with Crippen molar-refractivity contribution in [1.29, 1.82) is 0 Å². The molecule has 0 bridgehead atoms. The summed E-state index contributed by atoms with van der Waals surface area (Å²) < 4.78 is 5.18. The first-order chi connectivity index (χ1) is 12.2. The van der Waals surface area contributed by atoms with Gasteiger partial charge in [-0.15, -0.1) is 0 Å². The van der Waals surface area contributed by atoms with Crippen molar-refractivity contribution in [3.63, 3.8) is 0 Å². The van der Waals surface area contributed by atoms with Crippen molar-refractivity contribution >= 4 is 16.9 Å². The van der Waals surface area contributed by atoms with Crippen LogP contribution in [0.1, 0.15) is 36.9 Å². The van der Waals surface area contributed by atoms with Gasteiger partial charge in [0.15, 0.2) is 0 Å². The number of hydrogen-bond acceptors (Lipinski definition) is 3. The molecule has 1 saturated heterocycles. The average molecular weight is 334 g/mol. The number of carbonyl (C=O) groups is 1. The zero-order valence-electron chi connectivity index (χ0n) is 14.4. The Morgan fingerprint density at radius 2 is 1.80 bits per heavy atom. The van der Waals surface area contributed by atoms with Gasteiger partial charge < -0.3 is 9.72 Å². The molecule has 0 spiro atoms. The van der Waals surface area contributed by atoms with Crippen LogP contribution in [0.25, 0.3) is 10.9 Å². The van der Waals surface area contributed by atoms with Gasteiger partial charge in [0.25, 0.3) is 0 Å². The van der Waals surface area contributed by atoms with Crippen LogP contribution in [0.5, 0.6) is 5.75 Å². The van der Waals surface area contributed by atoms with Gasteiger partial charge in [-0.2, -0.15) is 0 Å². The van der Waals surface area contributed by atoms with Crippen molar-refractivity contribution < 1.29 is 9.53 Å². The number of benzene rings is 2. The Hall–Kier alpha value is -2.59. The van der Waals surface area contributed by atoms with E-state index >= 15 is 0 Å². The SMILES string of the molecule is CC(=O)Oc1ccc(C(c2c[nH]c3ccccc23)N2CCCC2)cc1. The molecule has 25 heavy (non-hydrogen) atoms. The topological polar surface area (TPSA) is 45.3 Å². The summed E-state index contributed by atoms with van der Waals surface area (Å²) in [4.78, 5) is 17.1. The van der Waals surface area contributed by atoms with E-state index in [1.165, 1.54) is 41.8 Å². The zero-order valence-corrected chi connectivity index (χ0v) is 14.4. The number of aromatic nitrogens is 1. The number of esters is 1. The smallest absolute Gasteiger partial charge is 0.308 e. The number of para-hydroxylation sites is 1. The third-order valence-corrected chi connectivity index (χ3v) is 4.88. The number of likely N-dealkylation sites (tertiary alicyclic amines) is 1. The van der Waals surface area contributed by atoms with Gasteiger partial charge in [0.05, 0.1) is 6.04 Å². The summed E-state index contributed by atoms with van der Waals surface area (Å²) in [5.41, 5.74) is 3.69. The Bertz CT molecular complexity index is 876. The number of fused-ring (bicyclic) bond motifs is 1. The molecule has 1 aliphatic rings. The minimum absolute atomic E-state index is 0.213. The van der Waals surface area contributed by atoms with Crippen LogP contribution in [-0.2, 0) is 4.79 Å². The number of hydrogen-bond donors (Lipinski definition) is 1. The average Bonchev–Trinajstić information content (AvgIpc) is 3.27. The van der Waals surface area contributed by atoms with Crippen LogP contribution in [0.4, 0.5) is 0 Å². The van der Waals surface area contributed by atoms with Gasteiger partial charge in [-0.1, -0.05) is 30.3 Å². The Morgan fingerprint density at radius 1 is 1.08 bits per heavy atom. The molecule has 128 valence electrons. The van der Waals surface area contributed by atoms with Gasteiger partial charge in [0, 0.05) is 24.0 Å². The number of nitrogens with one attached hydrogen (secondary N) is 1. The molecule has 2 heterocycles. The summed E-state index contributed by atoms with van der Waals surface area (Å²) in [6.07, 6.45) is 4.61. The molecule has 0 radical (unpaired) electrons. The van der Waals surface area contributed by atoms with E-state index in [4.69, 9.17) is 4.74 Å². The fraction of sp³-hybridized carbons (Fsp3) is 0.286. The first-order valence-corrected chi connectivity index (χ1v) is 8.81. The van der Waals surface area contributed by atoms with E-state index in [0.29, 0.717) is 5.75 Å². The van der Waals surface area contributed by atoms with Crippen LogP contribution < -0.4 is 4.74 Å². The van der Waals surface area contributed by atoms with Gasteiger partial charge in [0.1, 0.15) is 5.75 Å². The third kappa shape index (κ3) is 3.17. The predicted molar refractivity (Wildman–Crippen MR) is 98.7 cm³/mol. The van der Waals surface area contributed by atoms with E-state index in [9.17, 15) is 4.79 Å². The standard InChI is InChI=1S/C21H22N2O2/c1-15(24)25-17-10-8-16(9-11-17)21(23-12-4-5-13-23)19-14-22-20-7-3-2-6-18(19)20/h2-3,6-11,14,21-22H,4-5,12-13H2,1H3. The summed E-state index contributed by atoms with van der Waals surface area (Å²) in [6.45, 7) is 3.64. The fourth-order valence-electron chi connectivity index (χ4n) is 3.79. The van der Waals surface area contributed by atoms with Crippen LogP contribution in [0, 0.1) is 0 Å². The van der Waals surface area contributed by atoms with Gasteiger partial charge in [-0.25, -0.2) is 0 Å². The van der Waals surface area contributed by atoms with Crippen LogP contribution in [0.15, 0.2) is 54.7 Å². The van der Waals surface area contributed by atoms with Crippen LogP contribution >= 0.6 is 0 Å². The number of carbonyl (C=O) groups excluding carboxylic acids is 1. The number of H-pyrrole nitrogens is 1. The van der Waals surface area contributed by atoms with Crippen molar-refractivity contribution in [2.24, 2.45) is 0 Å². The lowest BCUT2D eigenvalue weighted by molar-refractivity contribution is -0.131. The molecule has 0 aliphatic carbocycles. The van der Waals surface area contributed by atoms with E-state index < -0.39 is 0 Å². The second-order valence-corrected chi connectivity index (χ2v) is 6.60. The Morgan fingerprint density at radius 3 is 2.52 bits per heavy atom. The summed E-state index contributed by atoms with van der Waals surface area (Å²) in [5, 5.41) is 1.27. The highest BCUT2D eigenvalue weighted by molar-refractivity contribution is 5.84. The fourth-order valence-corrected chi connectivity index (χ4v) is 3.79. The van der Waals surface area contributed by atoms with E-state index in [1.807, 2.05) is 12.1 Å². The molecule has 0 saturated carbocycles.